The number of likely N-dealkylation sites (N-methyl/N-ethyl adjacent to an activating group) is 2. The van der Waals surface area contributed by atoms with Crippen LogP contribution in [0, 0.1) is 29.6 Å². The van der Waals surface area contributed by atoms with E-state index in [2.05, 4.69) is 26.6 Å². The van der Waals surface area contributed by atoms with E-state index in [4.69, 9.17) is 18.9 Å². The maximum atomic E-state index is 15.3. The molecule has 3 heterocycles. The van der Waals surface area contributed by atoms with Crippen molar-refractivity contribution >= 4 is 71.1 Å². The molecule has 538 valence electrons. The second-order valence-electron chi connectivity index (χ2n) is 28.4. The van der Waals surface area contributed by atoms with Crippen LogP contribution in [-0.2, 0) is 79.8 Å². The first-order valence-corrected chi connectivity index (χ1v) is 34.1. The summed E-state index contributed by atoms with van der Waals surface area (Å²) >= 11 is 0. The van der Waals surface area contributed by atoms with Crippen LogP contribution in [0.5, 0.6) is 5.75 Å². The second kappa shape index (κ2) is 35.9. The number of alkyl carbamates (subject to hydrolysis) is 1. The van der Waals surface area contributed by atoms with E-state index in [9.17, 15) is 43.5 Å². The molecule has 3 fully saturated rings. The van der Waals surface area contributed by atoms with Crippen molar-refractivity contribution in [3.63, 3.8) is 0 Å². The Hall–Kier alpha value is -8.16. The maximum absolute atomic E-state index is 15.3. The average molecular weight is 1360 g/mol. The first kappa shape index (κ1) is 79.5. The largest absolute Gasteiger partial charge is 0.497 e. The Kier molecular flexibility index (Phi) is 29.4. The summed E-state index contributed by atoms with van der Waals surface area (Å²) in [6, 6.07) is 3.90. The number of cyclic esters (lactones) is 2. The zero-order valence-corrected chi connectivity index (χ0v) is 59.8. The molecule has 5 rings (SSSR count). The number of aliphatic hydroxyl groups excluding tert-OH is 1. The van der Waals surface area contributed by atoms with Crippen molar-refractivity contribution in [2.24, 2.45) is 29.6 Å². The van der Waals surface area contributed by atoms with Crippen molar-refractivity contribution < 1.29 is 81.6 Å². The van der Waals surface area contributed by atoms with Crippen LogP contribution in [0.15, 0.2) is 54.6 Å². The molecular formula is C71H107N9O17. The zero-order valence-electron chi connectivity index (χ0n) is 59.8. The van der Waals surface area contributed by atoms with Gasteiger partial charge in [-0.15, -0.1) is 0 Å². The molecule has 0 bridgehead atoms. The van der Waals surface area contributed by atoms with E-state index < -0.39 is 174 Å². The van der Waals surface area contributed by atoms with E-state index in [-0.39, 0.29) is 63.5 Å². The summed E-state index contributed by atoms with van der Waals surface area (Å²) in [7, 11) is 4.26. The molecule has 26 heteroatoms. The Balaban J connectivity index is 1.55. The van der Waals surface area contributed by atoms with E-state index >= 15 is 19.2 Å². The number of amides is 9. The molecule has 14 atom stereocenters. The molecule has 0 aliphatic carbocycles. The van der Waals surface area contributed by atoms with Gasteiger partial charge in [0.15, 0.2) is 11.9 Å². The highest BCUT2D eigenvalue weighted by Gasteiger charge is 2.46. The van der Waals surface area contributed by atoms with Gasteiger partial charge >= 0.3 is 18.0 Å². The van der Waals surface area contributed by atoms with Crippen LogP contribution < -0.4 is 31.3 Å². The van der Waals surface area contributed by atoms with Crippen molar-refractivity contribution in [3.05, 3.63) is 65.7 Å². The van der Waals surface area contributed by atoms with Crippen LogP contribution in [-0.4, -0.2) is 208 Å². The summed E-state index contributed by atoms with van der Waals surface area (Å²) in [4.78, 5) is 179. The lowest BCUT2D eigenvalue weighted by Gasteiger charge is -2.36. The Morgan fingerprint density at radius 1 is 0.784 bits per heavy atom. The molecule has 3 aliphatic heterocycles. The Morgan fingerprint density at radius 2 is 1.42 bits per heavy atom. The van der Waals surface area contributed by atoms with Gasteiger partial charge in [-0.25, -0.2) is 9.59 Å². The molecule has 0 radical (unpaired) electrons. The number of benzene rings is 2. The quantitative estimate of drug-likeness (QED) is 0.0600. The zero-order chi connectivity index (χ0) is 72.5. The predicted octanol–water partition coefficient (Wildman–Crippen LogP) is 4.58. The van der Waals surface area contributed by atoms with Gasteiger partial charge in [-0.2, -0.15) is 0 Å². The molecule has 0 saturated carbocycles. The number of methoxy groups -OCH3 is 1. The number of carbonyl (C=O) groups excluding carboxylic acids is 12. The number of fused-ring (bicyclic) bond motifs is 1. The van der Waals surface area contributed by atoms with Gasteiger partial charge in [0.1, 0.15) is 65.8 Å². The van der Waals surface area contributed by atoms with Crippen molar-refractivity contribution in [1.82, 2.24) is 46.2 Å². The minimum absolute atomic E-state index is 0.00605. The summed E-state index contributed by atoms with van der Waals surface area (Å²) < 4.78 is 22.8. The number of nitrogens with one attached hydrogen (secondary N) is 5. The van der Waals surface area contributed by atoms with Gasteiger partial charge in [-0.1, -0.05) is 104 Å². The molecule has 2 aromatic carbocycles. The summed E-state index contributed by atoms with van der Waals surface area (Å²) in [6.45, 7) is 23.4. The van der Waals surface area contributed by atoms with Gasteiger partial charge < -0.3 is 70.2 Å². The van der Waals surface area contributed by atoms with Gasteiger partial charge in [-0.3, -0.25) is 47.9 Å². The van der Waals surface area contributed by atoms with Gasteiger partial charge in [0, 0.05) is 40.0 Å². The topological polar surface area (TPSA) is 335 Å². The normalized spacial score (nSPS) is 25.0. The van der Waals surface area contributed by atoms with E-state index in [1.165, 1.54) is 61.6 Å². The fourth-order valence-corrected chi connectivity index (χ4v) is 12.4. The molecule has 6 N–H and O–H groups in total. The van der Waals surface area contributed by atoms with E-state index in [0.29, 0.717) is 30.6 Å². The standard InChI is InChI=1S/C71H107N9O17/c1-18-42(8)57-55(81)38-56(82)96-60(41(6)7)59(83)43(9)61(84)73-50(34-39(2)3)66(89)80-33-23-27-52(80)68(91)78(16)54(37-47-28-30-48(94-17)31-29-47)69(92)95-45(11)58(64(87)75-57)76-63(86)53(35-40(4)5)77(15)67(90)51-26-22-32-79(51)65(88)44(10)72-62(85)49(36-46-24-20-19-21-25-46)74-70(93)97-71(12,13)14/h19-21,24-25,28-31,39-45,49-55,57-58,60,81H,18,22-23,26-27,32-38H2,1-17H3,(H,72,85)(H,73,84)(H,74,93)(H,75,87)(H,76,86)/t42-,43-,44-,45+,49+,50-,51-,52-,53+,54-,55-,57+,58-,60-/m0/s1. The third-order valence-electron chi connectivity index (χ3n) is 18.1. The molecule has 0 spiro atoms. The lowest BCUT2D eigenvalue weighted by molar-refractivity contribution is -0.163. The smallest absolute Gasteiger partial charge is 0.408 e. The van der Waals surface area contributed by atoms with E-state index in [0.717, 1.165) is 5.56 Å². The Morgan fingerprint density at radius 3 is 2.01 bits per heavy atom. The first-order chi connectivity index (χ1) is 45.5. The SMILES string of the molecule is CC[C@H](C)[C@H]1NC(=O)[C@@H](NC(=O)[C@@H](CC(C)C)N(C)C(=O)[C@@H]2CCCN2C(=O)[C@H](C)NC(=O)[C@@H](Cc2ccccc2)NC(=O)OC(C)(C)C)[C@@H](C)OC(=O)[C@H](Cc2ccc(OC)cc2)N(C)C(=O)[C@@H]2CCCN2C(=O)[C@H](CC(C)C)NC(=O)[C@@H](C)C(=O)[C@H](C(C)C)OC(=O)C[C@@H]1O. The van der Waals surface area contributed by atoms with Gasteiger partial charge in [-0.05, 0) is 127 Å². The predicted molar refractivity (Wildman–Crippen MR) is 359 cm³/mol. The highest BCUT2D eigenvalue weighted by molar-refractivity contribution is 6.05. The number of hydrogen-bond donors (Lipinski definition) is 6. The number of ketones is 1. The van der Waals surface area contributed by atoms with Gasteiger partial charge in [0.25, 0.3) is 0 Å². The second-order valence-corrected chi connectivity index (χ2v) is 28.4. The number of likely N-dealkylation sites (tertiary alicyclic amines) is 1. The Labute approximate surface area is 571 Å². The van der Waals surface area contributed by atoms with Crippen molar-refractivity contribution in [1.29, 1.82) is 0 Å². The van der Waals surface area contributed by atoms with Crippen molar-refractivity contribution in [2.45, 2.75) is 239 Å². The van der Waals surface area contributed by atoms with Crippen LogP contribution in [0.1, 0.15) is 159 Å². The van der Waals surface area contributed by atoms with E-state index in [1.54, 1.807) is 103 Å². The number of esters is 2. The molecule has 0 unspecified atom stereocenters. The average Bonchev–Trinajstić information content (AvgIpc) is 1.78. The molecule has 3 saturated heterocycles. The lowest BCUT2D eigenvalue weighted by atomic mass is 9.91. The number of aliphatic hydroxyl groups is 1. The molecule has 2 aromatic rings. The minimum atomic E-state index is -1.83. The number of nitrogens with zero attached hydrogens (tertiary/aromatic N) is 4. The highest BCUT2D eigenvalue weighted by Crippen LogP contribution is 2.28. The molecule has 0 aromatic heterocycles. The third kappa shape index (κ3) is 22.2. The maximum Gasteiger partial charge on any atom is 0.408 e. The monoisotopic (exact) mass is 1360 g/mol. The van der Waals surface area contributed by atoms with E-state index in [1.807, 2.05) is 27.7 Å². The van der Waals surface area contributed by atoms with Crippen LogP contribution in [0.25, 0.3) is 0 Å². The van der Waals surface area contributed by atoms with Crippen molar-refractivity contribution in [3.8, 4) is 5.75 Å². The minimum Gasteiger partial charge on any atom is -0.497 e. The van der Waals surface area contributed by atoms with Crippen LogP contribution in [0.4, 0.5) is 4.79 Å². The molecule has 3 aliphatic rings. The summed E-state index contributed by atoms with van der Waals surface area (Å²) in [5.74, 6) is -11.4. The fourth-order valence-electron chi connectivity index (χ4n) is 12.4. The number of carbonyl (C=O) groups is 12. The summed E-state index contributed by atoms with van der Waals surface area (Å²) in [6.07, 6.45) is -4.95. The number of hydrogen-bond acceptors (Lipinski definition) is 17. The number of Topliss-reactive ketones (excluding diaryl/α,β-unsaturated/α-hetero) is 1. The molecule has 26 nitrogen and oxygen atoms in total. The summed E-state index contributed by atoms with van der Waals surface area (Å²) in [5.41, 5.74) is 0.385. The van der Waals surface area contributed by atoms with Crippen LogP contribution in [0.2, 0.25) is 0 Å². The first-order valence-electron chi connectivity index (χ1n) is 34.1. The Bertz CT molecular complexity index is 3080. The van der Waals surface area contributed by atoms with Crippen LogP contribution >= 0.6 is 0 Å². The lowest BCUT2D eigenvalue weighted by Crippen LogP contribution is -2.62. The van der Waals surface area contributed by atoms with Gasteiger partial charge in [0.2, 0.25) is 47.3 Å². The molecular weight excluding hydrogens is 1250 g/mol. The van der Waals surface area contributed by atoms with Gasteiger partial charge in [0.05, 0.1) is 31.6 Å². The van der Waals surface area contributed by atoms with Crippen molar-refractivity contribution in [2.75, 3.05) is 34.3 Å². The van der Waals surface area contributed by atoms with Crippen LogP contribution in [0.3, 0.4) is 0 Å². The molecule has 97 heavy (non-hydrogen) atoms. The number of ether oxygens (including phenoxy) is 4. The fraction of sp³-hybridized carbons (Fsp3) is 0.662. The highest BCUT2D eigenvalue weighted by atomic mass is 16.6. The third-order valence-corrected chi connectivity index (χ3v) is 18.1. The molecule has 9 amide bonds. The summed E-state index contributed by atoms with van der Waals surface area (Å²) in [5, 5.41) is 25.6. The number of rotatable bonds is 20.